The van der Waals surface area contributed by atoms with Crippen LogP contribution in [0, 0.1) is 0 Å². The third kappa shape index (κ3) is 4.48. The Hall–Kier alpha value is -3.46. The molecule has 178 valence electrons. The largest absolute Gasteiger partial charge is 0.371 e. The molecule has 34 heavy (non-hydrogen) atoms. The molecule has 0 aliphatic carbocycles. The Bertz CT molecular complexity index is 1150. The van der Waals surface area contributed by atoms with Crippen molar-refractivity contribution in [3.8, 4) is 22.4 Å². The molecule has 0 atom stereocenters. The minimum atomic E-state index is -0.766. The van der Waals surface area contributed by atoms with Crippen LogP contribution in [0.3, 0.4) is 0 Å². The zero-order chi connectivity index (χ0) is 23.7. The smallest absolute Gasteiger partial charge is 0.267 e. The maximum absolute atomic E-state index is 13.9. The van der Waals surface area contributed by atoms with Crippen molar-refractivity contribution in [3.05, 3.63) is 48.4 Å². The van der Waals surface area contributed by atoms with E-state index in [0.717, 1.165) is 48.7 Å². The minimum Gasteiger partial charge on any atom is -0.371 e. The number of H-pyrrole nitrogens is 1. The number of amides is 1. The van der Waals surface area contributed by atoms with Crippen LogP contribution in [-0.4, -0.2) is 78.5 Å². The van der Waals surface area contributed by atoms with E-state index in [1.165, 1.54) is 0 Å². The molecule has 0 spiro atoms. The fourth-order valence-corrected chi connectivity index (χ4v) is 4.78. The van der Waals surface area contributed by atoms with Crippen LogP contribution < -0.4 is 15.5 Å². The molecular weight excluding hydrogens is 433 g/mol. The Morgan fingerprint density at radius 2 is 1.76 bits per heavy atom. The fourth-order valence-electron chi connectivity index (χ4n) is 4.78. The number of carbonyl (C=O) groups is 1. The molecule has 0 bridgehead atoms. The number of halogens is 1. The Morgan fingerprint density at radius 1 is 1.03 bits per heavy atom. The quantitative estimate of drug-likeness (QED) is 0.604. The Morgan fingerprint density at radius 3 is 2.44 bits per heavy atom. The number of rotatable bonds is 5. The predicted molar refractivity (Wildman–Crippen MR) is 132 cm³/mol. The van der Waals surface area contributed by atoms with Gasteiger partial charge in [-0.1, -0.05) is 6.07 Å². The van der Waals surface area contributed by atoms with Gasteiger partial charge in [-0.3, -0.25) is 9.89 Å². The summed E-state index contributed by atoms with van der Waals surface area (Å²) in [4.78, 5) is 24.0. The number of aromatic amines is 1. The number of carbonyl (C=O) groups excluding carboxylic acids is 1. The lowest BCUT2D eigenvalue weighted by Gasteiger charge is -2.36. The van der Waals surface area contributed by atoms with Crippen molar-refractivity contribution in [2.24, 2.45) is 5.73 Å². The number of hydrogen-bond donors (Lipinski definition) is 2. The lowest BCUT2D eigenvalue weighted by atomic mass is 9.97. The normalized spacial score (nSPS) is 17.8. The number of alkyl halides is 1. The van der Waals surface area contributed by atoms with Crippen molar-refractivity contribution < 1.29 is 9.18 Å². The highest BCUT2D eigenvalue weighted by atomic mass is 19.1. The highest BCUT2D eigenvalue weighted by Crippen LogP contribution is 2.38. The first-order chi connectivity index (χ1) is 16.5. The third-order valence-electron chi connectivity index (χ3n) is 6.83. The van der Waals surface area contributed by atoms with Gasteiger partial charge in [-0.25, -0.2) is 9.37 Å². The van der Waals surface area contributed by atoms with Crippen molar-refractivity contribution in [2.75, 3.05) is 56.1 Å². The monoisotopic (exact) mass is 463 g/mol. The highest BCUT2D eigenvalue weighted by Gasteiger charge is 2.25. The number of aromatic nitrogens is 3. The van der Waals surface area contributed by atoms with Crippen LogP contribution in [0.25, 0.3) is 22.4 Å². The number of nitrogens with two attached hydrogens (primary N) is 1. The summed E-state index contributed by atoms with van der Waals surface area (Å²) in [6.45, 7) is 5.19. The van der Waals surface area contributed by atoms with Crippen molar-refractivity contribution in [2.45, 2.75) is 19.0 Å². The molecular formula is C25H30FN7O. The number of pyridine rings is 1. The van der Waals surface area contributed by atoms with Crippen LogP contribution in [0.1, 0.15) is 23.3 Å². The van der Waals surface area contributed by atoms with Gasteiger partial charge in [0, 0.05) is 73.5 Å². The molecule has 4 heterocycles. The SMILES string of the molecule is CN1CCN(c2ccc(-c3ccc(-c4cn[nH]c4)nc3C(N)=O)c(N3CCC(F)CC3)c2)CC1. The van der Waals surface area contributed by atoms with Crippen LogP contribution in [0.15, 0.2) is 42.7 Å². The molecule has 2 aromatic heterocycles. The number of nitrogens with zero attached hydrogens (tertiary/aromatic N) is 5. The summed E-state index contributed by atoms with van der Waals surface area (Å²) in [5, 5.41) is 6.74. The molecule has 0 radical (unpaired) electrons. The minimum absolute atomic E-state index is 0.215. The number of likely N-dealkylation sites (N-methyl/N-ethyl adjacent to an activating group) is 1. The number of benzene rings is 1. The molecule has 2 fully saturated rings. The molecule has 1 aromatic carbocycles. The molecule has 8 nitrogen and oxygen atoms in total. The van der Waals surface area contributed by atoms with Crippen molar-refractivity contribution in [3.63, 3.8) is 0 Å². The molecule has 2 aliphatic heterocycles. The van der Waals surface area contributed by atoms with Gasteiger partial charge in [0.25, 0.3) is 5.91 Å². The van der Waals surface area contributed by atoms with Crippen LogP contribution in [0.4, 0.5) is 15.8 Å². The van der Waals surface area contributed by atoms with E-state index >= 15 is 0 Å². The summed E-state index contributed by atoms with van der Waals surface area (Å²) >= 11 is 0. The Labute approximate surface area is 198 Å². The molecule has 1 amide bonds. The zero-order valence-electron chi connectivity index (χ0n) is 19.4. The molecule has 0 saturated carbocycles. The van der Waals surface area contributed by atoms with Gasteiger partial charge < -0.3 is 20.4 Å². The molecule has 3 aromatic rings. The van der Waals surface area contributed by atoms with E-state index in [-0.39, 0.29) is 5.69 Å². The first-order valence-corrected chi connectivity index (χ1v) is 11.8. The second-order valence-corrected chi connectivity index (χ2v) is 9.10. The predicted octanol–water partition coefficient (Wildman–Crippen LogP) is 2.93. The molecule has 0 unspecified atom stereocenters. The number of primary amides is 1. The second-order valence-electron chi connectivity index (χ2n) is 9.10. The van der Waals surface area contributed by atoms with Gasteiger partial charge in [-0.2, -0.15) is 5.10 Å². The number of piperazine rings is 1. The van der Waals surface area contributed by atoms with Gasteiger partial charge in [-0.15, -0.1) is 0 Å². The average Bonchev–Trinajstić information content (AvgIpc) is 3.39. The number of nitrogens with one attached hydrogen (secondary N) is 1. The topological polar surface area (TPSA) is 94.4 Å². The maximum Gasteiger partial charge on any atom is 0.267 e. The van der Waals surface area contributed by atoms with Crippen LogP contribution in [0.5, 0.6) is 0 Å². The first-order valence-electron chi connectivity index (χ1n) is 11.8. The standard InChI is InChI=1S/C25H30FN7O/c1-31-10-12-32(13-11-31)19-2-3-20(23(14-19)33-8-6-18(26)7-9-33)21-4-5-22(17-15-28-29-16-17)30-24(21)25(27)34/h2-5,14-16,18H,6-13H2,1H3,(H2,27,34)(H,28,29). The van der Waals surface area contributed by atoms with E-state index in [2.05, 4.69) is 49.1 Å². The summed E-state index contributed by atoms with van der Waals surface area (Å²) in [7, 11) is 2.14. The lowest BCUT2D eigenvalue weighted by Crippen LogP contribution is -2.44. The lowest BCUT2D eigenvalue weighted by molar-refractivity contribution is 0.0996. The molecule has 3 N–H and O–H groups in total. The van der Waals surface area contributed by atoms with Gasteiger partial charge in [0.05, 0.1) is 11.9 Å². The zero-order valence-corrected chi connectivity index (χ0v) is 19.4. The van der Waals surface area contributed by atoms with Crippen LogP contribution in [-0.2, 0) is 0 Å². The number of hydrogen-bond acceptors (Lipinski definition) is 6. The maximum atomic E-state index is 13.9. The van der Waals surface area contributed by atoms with Gasteiger partial charge in [0.2, 0.25) is 0 Å². The van der Waals surface area contributed by atoms with E-state index in [4.69, 9.17) is 5.73 Å². The Kier molecular flexibility index (Phi) is 6.19. The highest BCUT2D eigenvalue weighted by molar-refractivity contribution is 6.00. The molecule has 9 heteroatoms. The summed E-state index contributed by atoms with van der Waals surface area (Å²) in [5.41, 5.74) is 11.1. The fraction of sp³-hybridized carbons (Fsp3) is 0.400. The Balaban J connectivity index is 1.58. The van der Waals surface area contributed by atoms with Gasteiger partial charge >= 0.3 is 0 Å². The van der Waals surface area contributed by atoms with E-state index in [1.807, 2.05) is 18.2 Å². The van der Waals surface area contributed by atoms with Gasteiger partial charge in [0.1, 0.15) is 11.9 Å². The van der Waals surface area contributed by atoms with E-state index in [0.29, 0.717) is 37.2 Å². The number of anilines is 2. The molecule has 5 rings (SSSR count). The van der Waals surface area contributed by atoms with E-state index in [9.17, 15) is 9.18 Å². The van der Waals surface area contributed by atoms with Crippen LogP contribution >= 0.6 is 0 Å². The van der Waals surface area contributed by atoms with Gasteiger partial charge in [-0.05, 0) is 44.2 Å². The van der Waals surface area contributed by atoms with Crippen LogP contribution in [0.2, 0.25) is 0 Å². The molecule has 2 saturated heterocycles. The average molecular weight is 464 g/mol. The summed E-state index contributed by atoms with van der Waals surface area (Å²) < 4.78 is 13.9. The van der Waals surface area contributed by atoms with Crippen molar-refractivity contribution in [1.82, 2.24) is 20.1 Å². The van der Waals surface area contributed by atoms with Crippen molar-refractivity contribution in [1.29, 1.82) is 0 Å². The number of piperidine rings is 1. The van der Waals surface area contributed by atoms with Gasteiger partial charge in [0.15, 0.2) is 0 Å². The second kappa shape index (κ2) is 9.42. The third-order valence-corrected chi connectivity index (χ3v) is 6.83. The molecule has 2 aliphatic rings. The summed E-state index contributed by atoms with van der Waals surface area (Å²) in [6, 6.07) is 10.1. The summed E-state index contributed by atoms with van der Waals surface area (Å²) in [5.74, 6) is -0.586. The van der Waals surface area contributed by atoms with E-state index in [1.54, 1.807) is 12.4 Å². The van der Waals surface area contributed by atoms with Crippen molar-refractivity contribution >= 4 is 17.3 Å². The summed E-state index contributed by atoms with van der Waals surface area (Å²) in [6.07, 6.45) is 3.61. The van der Waals surface area contributed by atoms with E-state index < -0.39 is 12.1 Å². The first kappa shape index (κ1) is 22.3.